The Labute approximate surface area is 256 Å². The van der Waals surface area contributed by atoms with Gasteiger partial charge < -0.3 is 10.2 Å². The third-order valence-corrected chi connectivity index (χ3v) is 9.23. The highest BCUT2D eigenvalue weighted by Gasteiger charge is 2.34. The molecule has 0 aliphatic heterocycles. The summed E-state index contributed by atoms with van der Waals surface area (Å²) < 4.78 is 40.2. The highest BCUT2D eigenvalue weighted by molar-refractivity contribution is 7.92. The van der Waals surface area contributed by atoms with Crippen LogP contribution < -0.4 is 9.62 Å². The molecule has 0 unspecified atom stereocenters. The minimum atomic E-state index is -3.95. The van der Waals surface area contributed by atoms with E-state index in [2.05, 4.69) is 5.32 Å². The second-order valence-corrected chi connectivity index (χ2v) is 13.3. The number of sulfonamides is 1. The van der Waals surface area contributed by atoms with Gasteiger partial charge in [-0.1, -0.05) is 78.9 Å². The number of benzene rings is 3. The molecule has 1 fully saturated rings. The Kier molecular flexibility index (Phi) is 10.9. The van der Waals surface area contributed by atoms with Crippen LogP contribution >= 0.6 is 23.2 Å². The first-order valence-electron chi connectivity index (χ1n) is 13.8. The molecule has 3 aromatic carbocycles. The lowest BCUT2D eigenvalue weighted by Gasteiger charge is -2.35. The number of nitrogens with zero attached hydrogens (tertiary/aromatic N) is 2. The monoisotopic (exact) mass is 633 g/mol. The zero-order chi connectivity index (χ0) is 30.3. The molecule has 0 bridgehead atoms. The maximum Gasteiger partial charge on any atom is 0.244 e. The molecule has 2 amide bonds. The van der Waals surface area contributed by atoms with E-state index in [9.17, 15) is 22.4 Å². The molecule has 1 atom stereocenters. The van der Waals surface area contributed by atoms with Gasteiger partial charge in [0, 0.05) is 19.0 Å². The van der Waals surface area contributed by atoms with Crippen molar-refractivity contribution in [2.45, 2.75) is 57.2 Å². The summed E-state index contributed by atoms with van der Waals surface area (Å²) in [6.45, 7) is -0.611. The van der Waals surface area contributed by atoms with Crippen LogP contribution in [0.3, 0.4) is 0 Å². The van der Waals surface area contributed by atoms with E-state index < -0.39 is 34.3 Å². The van der Waals surface area contributed by atoms with E-state index in [-0.39, 0.29) is 35.6 Å². The predicted molar refractivity (Wildman–Crippen MR) is 165 cm³/mol. The molecule has 0 aromatic heterocycles. The Morgan fingerprint density at radius 3 is 2.21 bits per heavy atom. The summed E-state index contributed by atoms with van der Waals surface area (Å²) in [5.74, 6) is -1.45. The first kappa shape index (κ1) is 31.8. The molecule has 0 heterocycles. The predicted octanol–water partition coefficient (Wildman–Crippen LogP) is 5.99. The fraction of sp³-hybridized carbons (Fsp3) is 0.355. The third-order valence-electron chi connectivity index (χ3n) is 7.35. The van der Waals surface area contributed by atoms with Gasteiger partial charge in [0.1, 0.15) is 18.4 Å². The molecular formula is C31H34Cl2FN3O4S. The van der Waals surface area contributed by atoms with E-state index in [0.717, 1.165) is 60.4 Å². The van der Waals surface area contributed by atoms with Crippen LogP contribution in [0.25, 0.3) is 0 Å². The van der Waals surface area contributed by atoms with Crippen LogP contribution in [0, 0.1) is 5.82 Å². The third kappa shape index (κ3) is 8.69. The van der Waals surface area contributed by atoms with Crippen molar-refractivity contribution in [1.29, 1.82) is 0 Å². The SMILES string of the molecule is CS(=O)(=O)N(CC(=O)N(Cc1ccc(Cl)c(Cl)c1)[C@H](Cc1ccccc1)C(=O)NC1CCCCC1)c1ccc(F)cc1. The molecule has 1 aliphatic rings. The molecule has 1 N–H and O–H groups in total. The maximum atomic E-state index is 14.1. The van der Waals surface area contributed by atoms with Gasteiger partial charge in [0.05, 0.1) is 22.0 Å². The van der Waals surface area contributed by atoms with Crippen LogP contribution in [0.5, 0.6) is 0 Å². The molecule has 1 saturated carbocycles. The van der Waals surface area contributed by atoms with Gasteiger partial charge in [-0.05, 0) is 60.4 Å². The van der Waals surface area contributed by atoms with Gasteiger partial charge in [-0.2, -0.15) is 0 Å². The van der Waals surface area contributed by atoms with Crippen LogP contribution in [0.2, 0.25) is 10.0 Å². The number of halogens is 3. The highest BCUT2D eigenvalue weighted by Crippen LogP contribution is 2.26. The normalized spacial score (nSPS) is 14.7. The molecule has 0 spiro atoms. The second-order valence-electron chi connectivity index (χ2n) is 10.6. The summed E-state index contributed by atoms with van der Waals surface area (Å²) >= 11 is 12.4. The minimum absolute atomic E-state index is 0.00168. The molecule has 4 rings (SSSR count). The van der Waals surface area contributed by atoms with E-state index in [4.69, 9.17) is 23.2 Å². The van der Waals surface area contributed by atoms with Crippen LogP contribution in [0.1, 0.15) is 43.2 Å². The molecule has 11 heteroatoms. The Morgan fingerprint density at radius 2 is 1.60 bits per heavy atom. The zero-order valence-electron chi connectivity index (χ0n) is 23.3. The first-order valence-corrected chi connectivity index (χ1v) is 16.4. The average Bonchev–Trinajstić information content (AvgIpc) is 2.96. The second kappa shape index (κ2) is 14.4. The van der Waals surface area contributed by atoms with E-state index in [1.165, 1.54) is 17.0 Å². The van der Waals surface area contributed by atoms with Crippen molar-refractivity contribution >= 4 is 50.7 Å². The van der Waals surface area contributed by atoms with Gasteiger partial charge in [-0.25, -0.2) is 12.8 Å². The lowest BCUT2D eigenvalue weighted by atomic mass is 9.94. The topological polar surface area (TPSA) is 86.8 Å². The number of rotatable bonds is 11. The minimum Gasteiger partial charge on any atom is -0.352 e. The van der Waals surface area contributed by atoms with Crippen molar-refractivity contribution in [1.82, 2.24) is 10.2 Å². The summed E-state index contributed by atoms with van der Waals surface area (Å²) in [6.07, 6.45) is 6.05. The van der Waals surface area contributed by atoms with E-state index in [1.807, 2.05) is 30.3 Å². The Bertz CT molecular complexity index is 1480. The van der Waals surface area contributed by atoms with E-state index in [1.54, 1.807) is 18.2 Å². The standard InChI is InChI=1S/C31H34Cl2FN3O4S/c1-42(40,41)37(26-15-13-24(34)14-16-26)21-30(38)36(20-23-12-17-27(32)28(33)18-23)29(19-22-8-4-2-5-9-22)31(39)35-25-10-6-3-7-11-25/h2,4-5,8-9,12-18,25,29H,3,6-7,10-11,19-21H2,1H3,(H,35,39)/t29-/m1/s1. The van der Waals surface area contributed by atoms with Crippen LogP contribution in [0.4, 0.5) is 10.1 Å². The molecule has 0 saturated heterocycles. The number of hydrogen-bond acceptors (Lipinski definition) is 4. The van der Waals surface area contributed by atoms with Crippen molar-refractivity contribution in [2.75, 3.05) is 17.1 Å². The van der Waals surface area contributed by atoms with Gasteiger partial charge >= 0.3 is 0 Å². The summed E-state index contributed by atoms with van der Waals surface area (Å²) in [4.78, 5) is 29.5. The summed E-state index contributed by atoms with van der Waals surface area (Å²) in [5, 5.41) is 3.78. The summed E-state index contributed by atoms with van der Waals surface area (Å²) in [6, 6.07) is 18.2. The van der Waals surface area contributed by atoms with Gasteiger partial charge in [0.15, 0.2) is 0 Å². The van der Waals surface area contributed by atoms with Gasteiger partial charge in [0.25, 0.3) is 0 Å². The molecule has 1 aliphatic carbocycles. The Balaban J connectivity index is 1.73. The largest absolute Gasteiger partial charge is 0.352 e. The molecule has 7 nitrogen and oxygen atoms in total. The van der Waals surface area contributed by atoms with Crippen LogP contribution in [0.15, 0.2) is 72.8 Å². The van der Waals surface area contributed by atoms with Crippen LogP contribution in [-0.2, 0) is 32.6 Å². The fourth-order valence-electron chi connectivity index (χ4n) is 5.15. The number of nitrogens with one attached hydrogen (secondary N) is 1. The quantitative estimate of drug-likeness (QED) is 0.281. The summed E-state index contributed by atoms with van der Waals surface area (Å²) in [7, 11) is -3.95. The number of carbonyl (C=O) groups excluding carboxylic acids is 2. The van der Waals surface area contributed by atoms with Crippen molar-refractivity contribution in [3.05, 3.63) is 99.8 Å². The van der Waals surface area contributed by atoms with Crippen LogP contribution in [-0.4, -0.2) is 50.0 Å². The van der Waals surface area contributed by atoms with Crippen molar-refractivity contribution in [3.8, 4) is 0 Å². The van der Waals surface area contributed by atoms with E-state index in [0.29, 0.717) is 10.6 Å². The fourth-order valence-corrected chi connectivity index (χ4v) is 6.32. The van der Waals surface area contributed by atoms with Gasteiger partial charge in [-0.3, -0.25) is 13.9 Å². The molecule has 42 heavy (non-hydrogen) atoms. The first-order chi connectivity index (χ1) is 20.0. The zero-order valence-corrected chi connectivity index (χ0v) is 25.6. The molecule has 224 valence electrons. The van der Waals surface area contributed by atoms with Gasteiger partial charge in [-0.15, -0.1) is 0 Å². The molecule has 3 aromatic rings. The molecule has 0 radical (unpaired) electrons. The lowest BCUT2D eigenvalue weighted by molar-refractivity contribution is -0.140. The number of anilines is 1. The van der Waals surface area contributed by atoms with Crippen molar-refractivity contribution in [2.24, 2.45) is 0 Å². The van der Waals surface area contributed by atoms with Crippen molar-refractivity contribution in [3.63, 3.8) is 0 Å². The maximum absolute atomic E-state index is 14.1. The number of hydrogen-bond donors (Lipinski definition) is 1. The summed E-state index contributed by atoms with van der Waals surface area (Å²) in [5.41, 5.74) is 1.59. The number of carbonyl (C=O) groups is 2. The Hall–Kier alpha value is -3.14. The van der Waals surface area contributed by atoms with Crippen molar-refractivity contribution < 1.29 is 22.4 Å². The smallest absolute Gasteiger partial charge is 0.244 e. The molecular weight excluding hydrogens is 600 g/mol. The van der Waals surface area contributed by atoms with E-state index >= 15 is 0 Å². The number of amides is 2. The average molecular weight is 635 g/mol. The highest BCUT2D eigenvalue weighted by atomic mass is 35.5. The Morgan fingerprint density at radius 1 is 0.929 bits per heavy atom. The lowest BCUT2D eigenvalue weighted by Crippen LogP contribution is -2.55. The van der Waals surface area contributed by atoms with Gasteiger partial charge in [0.2, 0.25) is 21.8 Å².